The number of carbonyl (C=O) groups is 2. The highest BCUT2D eigenvalue weighted by Gasteiger charge is 2.26. The van der Waals surface area contributed by atoms with Gasteiger partial charge in [-0.2, -0.15) is 0 Å². The second-order valence-electron chi connectivity index (χ2n) is 6.04. The molecule has 1 atom stereocenters. The minimum atomic E-state index is -0.164. The van der Waals surface area contributed by atoms with Crippen molar-refractivity contribution >= 4 is 29.3 Å². The number of ether oxygens (including phenoxy) is 1. The number of rotatable bonds is 6. The number of fused-ring (bicyclic) bond motifs is 1. The molecule has 1 heterocycles. The molecule has 2 aromatic carbocycles. The maximum absolute atomic E-state index is 12.6. The standard InChI is InChI=1S/C20H22N2O3S/c1-3-16(14-8-10-15(25-2)11-9-14)21-19(23)12-22-17-6-4-5-7-18(17)26-13-20(22)24/h4-11,16H,3,12-13H2,1-2H3,(H,21,23). The van der Waals surface area contributed by atoms with Crippen molar-refractivity contribution in [3.05, 3.63) is 54.1 Å². The van der Waals surface area contributed by atoms with Crippen LogP contribution in [-0.2, 0) is 9.59 Å². The maximum atomic E-state index is 12.6. The second-order valence-corrected chi connectivity index (χ2v) is 7.05. The first-order valence-corrected chi connectivity index (χ1v) is 9.56. The van der Waals surface area contributed by atoms with Crippen molar-refractivity contribution in [3.63, 3.8) is 0 Å². The minimum Gasteiger partial charge on any atom is -0.497 e. The Morgan fingerprint density at radius 2 is 1.96 bits per heavy atom. The van der Waals surface area contributed by atoms with Crippen LogP contribution in [0.1, 0.15) is 24.9 Å². The van der Waals surface area contributed by atoms with Crippen molar-refractivity contribution in [1.29, 1.82) is 0 Å². The first-order chi connectivity index (χ1) is 12.6. The van der Waals surface area contributed by atoms with Gasteiger partial charge in [0.15, 0.2) is 0 Å². The van der Waals surface area contributed by atoms with Crippen LogP contribution in [0.3, 0.4) is 0 Å². The molecular formula is C20H22N2O3S. The Morgan fingerprint density at radius 1 is 1.23 bits per heavy atom. The van der Waals surface area contributed by atoms with E-state index in [2.05, 4.69) is 5.32 Å². The predicted molar refractivity (Wildman–Crippen MR) is 104 cm³/mol. The zero-order chi connectivity index (χ0) is 18.5. The molecule has 136 valence electrons. The molecule has 2 amide bonds. The number of benzene rings is 2. The normalized spacial score (nSPS) is 14.5. The lowest BCUT2D eigenvalue weighted by Gasteiger charge is -2.29. The highest BCUT2D eigenvalue weighted by molar-refractivity contribution is 8.00. The van der Waals surface area contributed by atoms with E-state index in [9.17, 15) is 9.59 Å². The quantitative estimate of drug-likeness (QED) is 0.847. The molecule has 0 spiro atoms. The van der Waals surface area contributed by atoms with Crippen molar-refractivity contribution in [2.45, 2.75) is 24.3 Å². The molecule has 1 aliphatic heterocycles. The largest absolute Gasteiger partial charge is 0.497 e. The summed E-state index contributed by atoms with van der Waals surface area (Å²) in [5.41, 5.74) is 1.82. The van der Waals surface area contributed by atoms with E-state index in [1.54, 1.807) is 12.0 Å². The van der Waals surface area contributed by atoms with Gasteiger partial charge in [-0.15, -0.1) is 11.8 Å². The Balaban J connectivity index is 1.70. The van der Waals surface area contributed by atoms with E-state index in [1.807, 2.05) is 55.5 Å². The lowest BCUT2D eigenvalue weighted by atomic mass is 10.0. The summed E-state index contributed by atoms with van der Waals surface area (Å²) in [7, 11) is 1.62. The number of nitrogens with one attached hydrogen (secondary N) is 1. The number of hydrogen-bond acceptors (Lipinski definition) is 4. The van der Waals surface area contributed by atoms with E-state index >= 15 is 0 Å². The number of carbonyl (C=O) groups excluding carboxylic acids is 2. The number of nitrogens with zero attached hydrogens (tertiary/aromatic N) is 1. The van der Waals surface area contributed by atoms with Crippen molar-refractivity contribution in [1.82, 2.24) is 5.32 Å². The first-order valence-electron chi connectivity index (χ1n) is 8.58. The van der Waals surface area contributed by atoms with Crippen molar-refractivity contribution in [2.75, 3.05) is 24.3 Å². The third-order valence-electron chi connectivity index (χ3n) is 4.37. The lowest BCUT2D eigenvalue weighted by Crippen LogP contribution is -2.44. The van der Waals surface area contributed by atoms with E-state index in [4.69, 9.17) is 4.74 Å². The summed E-state index contributed by atoms with van der Waals surface area (Å²) in [5.74, 6) is 0.937. The average molecular weight is 370 g/mol. The van der Waals surface area contributed by atoms with Crippen molar-refractivity contribution in [3.8, 4) is 5.75 Å². The first kappa shape index (κ1) is 18.3. The third-order valence-corrected chi connectivity index (χ3v) is 5.42. The van der Waals surface area contributed by atoms with Gasteiger partial charge in [-0.3, -0.25) is 9.59 Å². The molecule has 26 heavy (non-hydrogen) atoms. The fraction of sp³-hybridized carbons (Fsp3) is 0.300. The zero-order valence-electron chi connectivity index (χ0n) is 14.9. The fourth-order valence-corrected chi connectivity index (χ4v) is 3.90. The molecule has 5 nitrogen and oxygen atoms in total. The number of methoxy groups -OCH3 is 1. The molecule has 1 N–H and O–H groups in total. The minimum absolute atomic E-state index is 0.0308. The van der Waals surface area contributed by atoms with Gasteiger partial charge >= 0.3 is 0 Å². The van der Waals surface area contributed by atoms with Gasteiger partial charge in [0.2, 0.25) is 11.8 Å². The van der Waals surface area contributed by atoms with Crippen LogP contribution >= 0.6 is 11.8 Å². The number of anilines is 1. The summed E-state index contributed by atoms with van der Waals surface area (Å²) in [4.78, 5) is 27.5. The van der Waals surface area contributed by atoms with Crippen LogP contribution in [0.4, 0.5) is 5.69 Å². The van der Waals surface area contributed by atoms with Crippen LogP contribution in [0.15, 0.2) is 53.4 Å². The van der Waals surface area contributed by atoms with Crippen LogP contribution in [0.25, 0.3) is 0 Å². The monoisotopic (exact) mass is 370 g/mol. The van der Waals surface area contributed by atoms with E-state index in [0.717, 1.165) is 28.3 Å². The van der Waals surface area contributed by atoms with Gasteiger partial charge in [0, 0.05) is 4.90 Å². The highest BCUT2D eigenvalue weighted by Crippen LogP contribution is 2.34. The zero-order valence-corrected chi connectivity index (χ0v) is 15.7. The summed E-state index contributed by atoms with van der Waals surface area (Å²) < 4.78 is 5.18. The van der Waals surface area contributed by atoms with Gasteiger partial charge in [0.1, 0.15) is 12.3 Å². The lowest BCUT2D eigenvalue weighted by molar-refractivity contribution is -0.123. The van der Waals surface area contributed by atoms with Crippen LogP contribution in [0, 0.1) is 0 Å². The summed E-state index contributed by atoms with van der Waals surface area (Å²) in [5, 5.41) is 3.04. The topological polar surface area (TPSA) is 58.6 Å². The molecule has 1 unspecified atom stereocenters. The van der Waals surface area contributed by atoms with E-state index in [-0.39, 0.29) is 24.4 Å². The molecule has 0 saturated heterocycles. The van der Waals surface area contributed by atoms with Crippen LogP contribution in [0.5, 0.6) is 5.75 Å². The summed E-state index contributed by atoms with van der Waals surface area (Å²) in [6.07, 6.45) is 0.762. The Hall–Kier alpha value is -2.47. The van der Waals surface area contributed by atoms with Gasteiger partial charge in [-0.25, -0.2) is 0 Å². The van der Waals surface area contributed by atoms with Gasteiger partial charge in [0.25, 0.3) is 0 Å². The molecule has 0 bridgehead atoms. The highest BCUT2D eigenvalue weighted by atomic mass is 32.2. The average Bonchev–Trinajstić information content (AvgIpc) is 2.68. The molecule has 0 aromatic heterocycles. The van der Waals surface area contributed by atoms with Gasteiger partial charge < -0.3 is 15.0 Å². The SMILES string of the molecule is CCC(NC(=O)CN1C(=O)CSc2ccccc21)c1ccc(OC)cc1. The van der Waals surface area contributed by atoms with Gasteiger partial charge in [-0.1, -0.05) is 31.2 Å². The predicted octanol–water partition coefficient (Wildman–Crippen LogP) is 3.40. The van der Waals surface area contributed by atoms with Crippen molar-refractivity contribution < 1.29 is 14.3 Å². The Morgan fingerprint density at radius 3 is 2.65 bits per heavy atom. The Bertz CT molecular complexity index is 792. The molecule has 2 aromatic rings. The summed E-state index contributed by atoms with van der Waals surface area (Å²) in [6.45, 7) is 2.05. The fourth-order valence-electron chi connectivity index (χ4n) is 2.97. The molecule has 6 heteroatoms. The van der Waals surface area contributed by atoms with Gasteiger partial charge in [0.05, 0.1) is 24.6 Å². The Kier molecular flexibility index (Phi) is 5.83. The second kappa shape index (κ2) is 8.27. The molecule has 0 saturated carbocycles. The summed E-state index contributed by atoms with van der Waals surface area (Å²) in [6, 6.07) is 15.2. The smallest absolute Gasteiger partial charge is 0.240 e. The molecule has 0 aliphatic carbocycles. The number of hydrogen-bond donors (Lipinski definition) is 1. The molecule has 3 rings (SSSR count). The van der Waals surface area contributed by atoms with Gasteiger partial charge in [-0.05, 0) is 36.2 Å². The van der Waals surface area contributed by atoms with Crippen molar-refractivity contribution in [2.24, 2.45) is 0 Å². The maximum Gasteiger partial charge on any atom is 0.240 e. The van der Waals surface area contributed by atoms with E-state index in [0.29, 0.717) is 5.75 Å². The molecule has 0 fully saturated rings. The molecule has 0 radical (unpaired) electrons. The van der Waals surface area contributed by atoms with Crippen LogP contribution in [-0.4, -0.2) is 31.2 Å². The van der Waals surface area contributed by atoms with Crippen LogP contribution < -0.4 is 15.0 Å². The third kappa shape index (κ3) is 4.02. The Labute approximate surface area is 157 Å². The van der Waals surface area contributed by atoms with E-state index < -0.39 is 0 Å². The number of para-hydroxylation sites is 1. The van der Waals surface area contributed by atoms with Crippen LogP contribution in [0.2, 0.25) is 0 Å². The van der Waals surface area contributed by atoms with E-state index in [1.165, 1.54) is 11.8 Å². The number of amides is 2. The number of thioether (sulfide) groups is 1. The summed E-state index contributed by atoms with van der Waals surface area (Å²) >= 11 is 1.51. The molecule has 1 aliphatic rings. The molecular weight excluding hydrogens is 348 g/mol.